The summed E-state index contributed by atoms with van der Waals surface area (Å²) >= 11 is 0. The van der Waals surface area contributed by atoms with Crippen molar-refractivity contribution in [2.24, 2.45) is 5.92 Å². The summed E-state index contributed by atoms with van der Waals surface area (Å²) in [6, 6.07) is 26.8. The fraction of sp³-hybridized carbons (Fsp3) is 0.389. The van der Waals surface area contributed by atoms with Gasteiger partial charge in [0.05, 0.1) is 18.2 Å². The Morgan fingerprint density at radius 3 is 2.30 bits per heavy atom. The Hall–Kier alpha value is -3.84. The molecule has 0 radical (unpaired) electrons. The minimum Gasteiger partial charge on any atom is -0.488 e. The molecule has 0 aliphatic heterocycles. The molecule has 0 aliphatic carbocycles. The Bertz CT molecular complexity index is 1260. The fourth-order valence-corrected chi connectivity index (χ4v) is 4.60. The SMILES string of the molecule is CCOC(=O)CCCCC(C=Cc1ccccc1OCc1ccc(C(C)(C)C)cc1)CCc1ccc(C#N)cc1. The molecule has 4 heteroatoms. The Morgan fingerprint density at radius 1 is 0.925 bits per heavy atom. The number of aryl methyl sites for hydroxylation is 1. The molecule has 1 unspecified atom stereocenters. The van der Waals surface area contributed by atoms with Gasteiger partial charge in [-0.05, 0) is 78.8 Å². The number of hydrogen-bond donors (Lipinski definition) is 0. The topological polar surface area (TPSA) is 59.3 Å². The van der Waals surface area contributed by atoms with Gasteiger partial charge in [-0.25, -0.2) is 0 Å². The lowest BCUT2D eigenvalue weighted by Gasteiger charge is -2.19. The number of para-hydroxylation sites is 1. The highest BCUT2D eigenvalue weighted by molar-refractivity contribution is 5.69. The van der Waals surface area contributed by atoms with Crippen LogP contribution >= 0.6 is 0 Å². The van der Waals surface area contributed by atoms with Gasteiger partial charge < -0.3 is 9.47 Å². The van der Waals surface area contributed by atoms with Crippen LogP contribution in [0.1, 0.15) is 87.6 Å². The second kappa shape index (κ2) is 15.7. The molecule has 3 aromatic carbocycles. The number of esters is 1. The van der Waals surface area contributed by atoms with Gasteiger partial charge in [-0.1, -0.05) is 93.9 Å². The van der Waals surface area contributed by atoms with Gasteiger partial charge in [-0.3, -0.25) is 4.79 Å². The summed E-state index contributed by atoms with van der Waals surface area (Å²) in [6.45, 7) is 9.45. The van der Waals surface area contributed by atoms with Crippen molar-refractivity contribution >= 4 is 12.0 Å². The summed E-state index contributed by atoms with van der Waals surface area (Å²) in [5, 5.41) is 9.08. The highest BCUT2D eigenvalue weighted by Gasteiger charge is 2.13. The first-order valence-corrected chi connectivity index (χ1v) is 14.4. The molecule has 0 bridgehead atoms. The first-order chi connectivity index (χ1) is 19.3. The second-order valence-corrected chi connectivity index (χ2v) is 11.3. The summed E-state index contributed by atoms with van der Waals surface area (Å²) < 4.78 is 11.3. The van der Waals surface area contributed by atoms with Crippen molar-refractivity contribution in [1.82, 2.24) is 0 Å². The smallest absolute Gasteiger partial charge is 0.305 e. The van der Waals surface area contributed by atoms with Crippen molar-refractivity contribution in [3.8, 4) is 11.8 Å². The van der Waals surface area contributed by atoms with Crippen LogP contribution in [0.3, 0.4) is 0 Å². The zero-order valence-electron chi connectivity index (χ0n) is 24.5. The lowest BCUT2D eigenvalue weighted by atomic mass is 9.87. The fourth-order valence-electron chi connectivity index (χ4n) is 4.60. The maximum absolute atomic E-state index is 11.8. The highest BCUT2D eigenvalue weighted by atomic mass is 16.5. The van der Waals surface area contributed by atoms with Crippen LogP contribution in [0.5, 0.6) is 5.75 Å². The Kier molecular flexibility index (Phi) is 12.0. The predicted molar refractivity (Wildman–Crippen MR) is 163 cm³/mol. The number of benzene rings is 3. The van der Waals surface area contributed by atoms with E-state index in [4.69, 9.17) is 14.7 Å². The lowest BCUT2D eigenvalue weighted by Crippen LogP contribution is -2.10. The summed E-state index contributed by atoms with van der Waals surface area (Å²) in [7, 11) is 0. The van der Waals surface area contributed by atoms with E-state index in [1.807, 2.05) is 49.4 Å². The molecule has 0 fully saturated rings. The normalized spacial score (nSPS) is 12.2. The molecule has 1 atom stereocenters. The van der Waals surface area contributed by atoms with E-state index in [2.05, 4.69) is 69.3 Å². The van der Waals surface area contributed by atoms with E-state index in [-0.39, 0.29) is 11.4 Å². The van der Waals surface area contributed by atoms with Gasteiger partial charge in [0.2, 0.25) is 0 Å². The van der Waals surface area contributed by atoms with Crippen molar-refractivity contribution in [3.63, 3.8) is 0 Å². The van der Waals surface area contributed by atoms with Crippen LogP contribution in [-0.2, 0) is 28.0 Å². The van der Waals surface area contributed by atoms with Crippen molar-refractivity contribution in [3.05, 3.63) is 107 Å². The van der Waals surface area contributed by atoms with Gasteiger partial charge >= 0.3 is 5.97 Å². The molecule has 0 amide bonds. The van der Waals surface area contributed by atoms with Crippen LogP contribution in [0, 0.1) is 17.2 Å². The van der Waals surface area contributed by atoms with Gasteiger partial charge in [0.25, 0.3) is 0 Å². The molecule has 3 rings (SSSR count). The number of nitrogens with zero attached hydrogens (tertiary/aromatic N) is 1. The third-order valence-corrected chi connectivity index (χ3v) is 7.08. The van der Waals surface area contributed by atoms with E-state index < -0.39 is 0 Å². The van der Waals surface area contributed by atoms with Crippen LogP contribution in [0.2, 0.25) is 0 Å². The van der Waals surface area contributed by atoms with Crippen LogP contribution in [0.25, 0.3) is 6.08 Å². The molecule has 210 valence electrons. The molecule has 0 saturated carbocycles. The van der Waals surface area contributed by atoms with E-state index in [1.54, 1.807) is 0 Å². The van der Waals surface area contributed by atoms with Gasteiger partial charge in [-0.2, -0.15) is 5.26 Å². The van der Waals surface area contributed by atoms with E-state index >= 15 is 0 Å². The summed E-state index contributed by atoms with van der Waals surface area (Å²) in [6.07, 6.45) is 9.63. The van der Waals surface area contributed by atoms with Gasteiger partial charge in [0, 0.05) is 12.0 Å². The zero-order valence-corrected chi connectivity index (χ0v) is 24.5. The standard InChI is InChI=1S/C36H43NO3/c1-5-39-35(38)13-9-6-10-28(14-15-29-16-18-30(26-37)19-17-29)20-23-32-11-7-8-12-34(32)40-27-31-21-24-33(25-22-31)36(2,3)4/h7-8,11-12,16-25,28H,5-6,9-10,13-15,27H2,1-4H3. The number of carbonyl (C=O) groups is 1. The van der Waals surface area contributed by atoms with Gasteiger partial charge in [0.1, 0.15) is 12.4 Å². The number of allylic oxidation sites excluding steroid dienone is 1. The molecule has 3 aromatic rings. The van der Waals surface area contributed by atoms with Crippen LogP contribution in [-0.4, -0.2) is 12.6 Å². The number of nitriles is 1. The lowest BCUT2D eigenvalue weighted by molar-refractivity contribution is -0.143. The number of hydrogen-bond acceptors (Lipinski definition) is 4. The zero-order chi connectivity index (χ0) is 28.8. The molecule has 0 aliphatic rings. The molecule has 4 nitrogen and oxygen atoms in total. The number of carbonyl (C=O) groups excluding carboxylic acids is 1. The van der Waals surface area contributed by atoms with E-state index in [0.29, 0.717) is 31.1 Å². The third-order valence-electron chi connectivity index (χ3n) is 7.08. The van der Waals surface area contributed by atoms with Crippen molar-refractivity contribution in [1.29, 1.82) is 5.26 Å². The first kappa shape index (κ1) is 30.7. The predicted octanol–water partition coefficient (Wildman–Crippen LogP) is 8.82. The van der Waals surface area contributed by atoms with E-state index in [1.165, 1.54) is 11.1 Å². The van der Waals surface area contributed by atoms with Crippen LogP contribution in [0.4, 0.5) is 0 Å². The number of ether oxygens (including phenoxy) is 2. The van der Waals surface area contributed by atoms with E-state index in [0.717, 1.165) is 49.0 Å². The van der Waals surface area contributed by atoms with Crippen LogP contribution < -0.4 is 4.74 Å². The van der Waals surface area contributed by atoms with Crippen LogP contribution in [0.15, 0.2) is 78.9 Å². The molecule has 0 spiro atoms. The second-order valence-electron chi connectivity index (χ2n) is 11.3. The average molecular weight is 538 g/mol. The molecule has 0 heterocycles. The third kappa shape index (κ3) is 10.4. The number of rotatable bonds is 14. The first-order valence-electron chi connectivity index (χ1n) is 14.4. The minimum atomic E-state index is -0.119. The number of unbranched alkanes of at least 4 members (excludes halogenated alkanes) is 1. The van der Waals surface area contributed by atoms with Crippen molar-refractivity contribution in [2.75, 3.05) is 6.61 Å². The Balaban J connectivity index is 1.65. The maximum atomic E-state index is 11.8. The average Bonchev–Trinajstić information content (AvgIpc) is 2.95. The molecule has 0 N–H and O–H groups in total. The summed E-state index contributed by atoms with van der Waals surface area (Å²) in [4.78, 5) is 11.8. The van der Waals surface area contributed by atoms with Crippen molar-refractivity contribution < 1.29 is 14.3 Å². The van der Waals surface area contributed by atoms with Gasteiger partial charge in [0.15, 0.2) is 0 Å². The largest absolute Gasteiger partial charge is 0.488 e. The molecular weight excluding hydrogens is 494 g/mol. The molecular formula is C36H43NO3. The molecule has 0 saturated heterocycles. The Morgan fingerprint density at radius 2 is 1.62 bits per heavy atom. The van der Waals surface area contributed by atoms with Crippen molar-refractivity contribution in [2.45, 2.75) is 78.2 Å². The quantitative estimate of drug-likeness (QED) is 0.152. The summed E-state index contributed by atoms with van der Waals surface area (Å²) in [5.41, 5.74) is 5.56. The Labute approximate surface area is 240 Å². The maximum Gasteiger partial charge on any atom is 0.305 e. The minimum absolute atomic E-state index is 0.119. The monoisotopic (exact) mass is 537 g/mol. The molecule has 40 heavy (non-hydrogen) atoms. The highest BCUT2D eigenvalue weighted by Crippen LogP contribution is 2.26. The summed E-state index contributed by atoms with van der Waals surface area (Å²) in [5.74, 6) is 1.11. The molecule has 0 aromatic heterocycles. The van der Waals surface area contributed by atoms with E-state index in [9.17, 15) is 4.79 Å². The van der Waals surface area contributed by atoms with Gasteiger partial charge in [-0.15, -0.1) is 0 Å².